The number of likely N-dealkylation sites (tertiary alicyclic amines) is 1. The van der Waals surface area contributed by atoms with Gasteiger partial charge in [-0.05, 0) is 12.5 Å². The highest BCUT2D eigenvalue weighted by atomic mass is 16.5. The number of carbonyl (C=O) groups is 1. The number of ether oxygens (including phenoxy) is 2. The van der Waals surface area contributed by atoms with Crippen LogP contribution in [0, 0.1) is 11.8 Å². The van der Waals surface area contributed by atoms with Crippen molar-refractivity contribution in [1.29, 1.82) is 0 Å². The summed E-state index contributed by atoms with van der Waals surface area (Å²) in [7, 11) is 0. The third-order valence-corrected chi connectivity index (χ3v) is 3.86. The molecule has 3 aliphatic heterocycles. The van der Waals surface area contributed by atoms with Crippen LogP contribution in [0.25, 0.3) is 0 Å². The Hall–Kier alpha value is -1.23. The first kappa shape index (κ1) is 9.96. The molecule has 0 aromatic carbocycles. The van der Waals surface area contributed by atoms with Crippen LogP contribution in [0.3, 0.4) is 0 Å². The van der Waals surface area contributed by atoms with Crippen molar-refractivity contribution in [2.45, 2.75) is 18.5 Å². The minimum atomic E-state index is -0.853. The predicted molar refractivity (Wildman–Crippen MR) is 54.9 cm³/mol. The van der Waals surface area contributed by atoms with E-state index in [2.05, 4.69) is 0 Å². The van der Waals surface area contributed by atoms with E-state index in [4.69, 9.17) is 9.47 Å². The number of hydrogen-bond acceptors (Lipinski definition) is 3. The van der Waals surface area contributed by atoms with E-state index in [0.717, 1.165) is 6.42 Å². The summed E-state index contributed by atoms with van der Waals surface area (Å²) in [4.78, 5) is 12.9. The molecule has 4 atom stereocenters. The van der Waals surface area contributed by atoms with E-state index in [0.29, 0.717) is 25.7 Å². The molecule has 2 saturated heterocycles. The molecular weight excluding hydrogens is 210 g/mol. The van der Waals surface area contributed by atoms with E-state index in [-0.39, 0.29) is 18.0 Å². The number of amides is 1. The Bertz CT molecular complexity index is 330. The van der Waals surface area contributed by atoms with E-state index in [1.807, 2.05) is 6.08 Å². The van der Waals surface area contributed by atoms with Crippen LogP contribution in [-0.4, -0.2) is 48.0 Å². The van der Waals surface area contributed by atoms with Crippen molar-refractivity contribution in [3.63, 3.8) is 0 Å². The van der Waals surface area contributed by atoms with Gasteiger partial charge in [-0.2, -0.15) is 0 Å². The van der Waals surface area contributed by atoms with E-state index < -0.39 is 6.09 Å². The summed E-state index contributed by atoms with van der Waals surface area (Å²) >= 11 is 0. The Morgan fingerprint density at radius 1 is 1.31 bits per heavy atom. The lowest BCUT2D eigenvalue weighted by atomic mass is 9.79. The quantitative estimate of drug-likeness (QED) is 0.665. The van der Waals surface area contributed by atoms with Crippen molar-refractivity contribution in [3.05, 3.63) is 12.3 Å². The van der Waals surface area contributed by atoms with Gasteiger partial charge in [0.25, 0.3) is 0 Å². The minimum absolute atomic E-state index is 0.0221. The third-order valence-electron chi connectivity index (χ3n) is 3.86. The molecule has 4 unspecified atom stereocenters. The Kier molecular flexibility index (Phi) is 2.28. The lowest BCUT2D eigenvalue weighted by Crippen LogP contribution is -2.58. The van der Waals surface area contributed by atoms with Crippen LogP contribution in [0.1, 0.15) is 6.42 Å². The molecule has 0 bridgehead atoms. The van der Waals surface area contributed by atoms with Crippen LogP contribution in [0.4, 0.5) is 4.79 Å². The zero-order chi connectivity index (χ0) is 11.1. The van der Waals surface area contributed by atoms with Gasteiger partial charge in [0.1, 0.15) is 6.61 Å². The van der Waals surface area contributed by atoms with Crippen molar-refractivity contribution < 1.29 is 19.4 Å². The first-order valence-electron chi connectivity index (χ1n) is 5.64. The summed E-state index contributed by atoms with van der Waals surface area (Å²) < 4.78 is 10.6. The Morgan fingerprint density at radius 3 is 3.00 bits per heavy atom. The van der Waals surface area contributed by atoms with Gasteiger partial charge in [-0.1, -0.05) is 0 Å². The fraction of sp³-hybridized carbons (Fsp3) is 0.727. The largest absolute Gasteiger partial charge is 0.499 e. The molecule has 0 aromatic rings. The molecule has 1 amide bonds. The first-order chi connectivity index (χ1) is 7.77. The second-order valence-corrected chi connectivity index (χ2v) is 4.68. The molecule has 5 heteroatoms. The highest BCUT2D eigenvalue weighted by molar-refractivity contribution is 5.66. The maximum atomic E-state index is 11.3. The van der Waals surface area contributed by atoms with Crippen LogP contribution in [0.5, 0.6) is 0 Å². The lowest BCUT2D eigenvalue weighted by Gasteiger charge is -2.45. The number of hydrogen-bond donors (Lipinski definition) is 1. The van der Waals surface area contributed by atoms with Crippen LogP contribution < -0.4 is 0 Å². The van der Waals surface area contributed by atoms with E-state index in [9.17, 15) is 9.90 Å². The fourth-order valence-electron chi connectivity index (χ4n) is 3.08. The van der Waals surface area contributed by atoms with Gasteiger partial charge >= 0.3 is 6.09 Å². The second kappa shape index (κ2) is 3.66. The standard InChI is InChI=1S/C11H15NO4/c13-11(14)12-9-5-15-2-1-7(9)3-8-4-16-6-10(8)12/h1-2,7-10H,3-6H2,(H,13,14). The van der Waals surface area contributed by atoms with Gasteiger partial charge in [0, 0.05) is 11.8 Å². The maximum Gasteiger partial charge on any atom is 0.408 e. The molecule has 3 aliphatic rings. The number of fused-ring (bicyclic) bond motifs is 2. The fourth-order valence-corrected chi connectivity index (χ4v) is 3.08. The molecule has 0 saturated carbocycles. The molecule has 0 aromatic heterocycles. The lowest BCUT2D eigenvalue weighted by molar-refractivity contribution is -0.000812. The van der Waals surface area contributed by atoms with Gasteiger partial charge < -0.3 is 14.6 Å². The molecule has 16 heavy (non-hydrogen) atoms. The van der Waals surface area contributed by atoms with Gasteiger partial charge in [0.05, 0.1) is 31.6 Å². The van der Waals surface area contributed by atoms with Gasteiger partial charge in [-0.25, -0.2) is 4.79 Å². The van der Waals surface area contributed by atoms with Crippen molar-refractivity contribution in [3.8, 4) is 0 Å². The number of nitrogens with zero attached hydrogens (tertiary/aromatic N) is 1. The van der Waals surface area contributed by atoms with Crippen molar-refractivity contribution in [2.24, 2.45) is 11.8 Å². The molecular formula is C11H15NO4. The molecule has 0 aliphatic carbocycles. The van der Waals surface area contributed by atoms with E-state index in [1.165, 1.54) is 0 Å². The first-order valence-corrected chi connectivity index (χ1v) is 5.64. The predicted octanol–water partition coefficient (Wildman–Crippen LogP) is 0.914. The Morgan fingerprint density at radius 2 is 2.19 bits per heavy atom. The topological polar surface area (TPSA) is 59.0 Å². The van der Waals surface area contributed by atoms with E-state index in [1.54, 1.807) is 11.2 Å². The van der Waals surface area contributed by atoms with E-state index >= 15 is 0 Å². The van der Waals surface area contributed by atoms with Crippen molar-refractivity contribution >= 4 is 6.09 Å². The van der Waals surface area contributed by atoms with Crippen LogP contribution in [-0.2, 0) is 9.47 Å². The Balaban J connectivity index is 1.91. The monoisotopic (exact) mass is 225 g/mol. The Labute approximate surface area is 93.6 Å². The average molecular weight is 225 g/mol. The summed E-state index contributed by atoms with van der Waals surface area (Å²) in [5.74, 6) is 0.632. The molecule has 88 valence electrons. The molecule has 0 spiro atoms. The summed E-state index contributed by atoms with van der Waals surface area (Å²) in [5.41, 5.74) is 0. The molecule has 0 radical (unpaired) electrons. The molecule has 1 N–H and O–H groups in total. The second-order valence-electron chi connectivity index (χ2n) is 4.68. The molecule has 2 fully saturated rings. The molecule has 5 nitrogen and oxygen atoms in total. The van der Waals surface area contributed by atoms with Crippen molar-refractivity contribution in [2.75, 3.05) is 19.8 Å². The zero-order valence-electron chi connectivity index (χ0n) is 8.91. The summed E-state index contributed by atoms with van der Waals surface area (Å²) in [6, 6.07) is -0.0145. The molecule has 3 rings (SSSR count). The van der Waals surface area contributed by atoms with Crippen molar-refractivity contribution in [1.82, 2.24) is 4.90 Å². The molecule has 3 heterocycles. The zero-order valence-corrected chi connectivity index (χ0v) is 8.91. The summed E-state index contributed by atoms with van der Waals surface area (Å²) in [6.45, 7) is 1.69. The van der Waals surface area contributed by atoms with Crippen LogP contribution >= 0.6 is 0 Å². The SMILES string of the molecule is O=C(O)N1C2COC=CC2CC2COCC21. The normalized spacial score (nSPS) is 41.1. The smallest absolute Gasteiger partial charge is 0.408 e. The summed E-state index contributed by atoms with van der Waals surface area (Å²) in [6.07, 6.45) is 3.84. The van der Waals surface area contributed by atoms with Gasteiger partial charge in [-0.15, -0.1) is 0 Å². The summed E-state index contributed by atoms with van der Waals surface area (Å²) in [5, 5.41) is 9.31. The maximum absolute atomic E-state index is 11.3. The van der Waals surface area contributed by atoms with Gasteiger partial charge in [0.15, 0.2) is 0 Å². The van der Waals surface area contributed by atoms with Gasteiger partial charge in [-0.3, -0.25) is 4.90 Å². The van der Waals surface area contributed by atoms with Crippen LogP contribution in [0.15, 0.2) is 12.3 Å². The number of piperidine rings is 1. The average Bonchev–Trinajstić information content (AvgIpc) is 2.72. The third kappa shape index (κ3) is 1.38. The van der Waals surface area contributed by atoms with Crippen LogP contribution in [0.2, 0.25) is 0 Å². The minimum Gasteiger partial charge on any atom is -0.499 e. The highest BCUT2D eigenvalue weighted by Crippen LogP contribution is 2.38. The van der Waals surface area contributed by atoms with Gasteiger partial charge in [0.2, 0.25) is 0 Å². The number of rotatable bonds is 0. The number of carboxylic acid groups (broad SMARTS) is 1. The highest BCUT2D eigenvalue weighted by Gasteiger charge is 2.48.